The topological polar surface area (TPSA) is 353 Å². The van der Waals surface area contributed by atoms with Gasteiger partial charge in [0.25, 0.3) is 0 Å². The molecule has 35 heteroatoms. The fraction of sp³-hybridized carbons (Fsp3) is 0.370. The van der Waals surface area contributed by atoms with E-state index in [-0.39, 0.29) is 56.5 Å². The first kappa shape index (κ1) is 83.4. The first-order valence-corrected chi connectivity index (χ1v) is 37.7. The first-order valence-electron chi connectivity index (χ1n) is 37.3. The molecule has 8 N–H and O–H groups in total. The van der Waals surface area contributed by atoms with Crippen LogP contribution < -0.4 is 78.6 Å². The molecular formula is C81H96ClF2N19O13. The Morgan fingerprint density at radius 2 is 0.759 bits per heavy atom. The number of fused-ring (bicyclic) bond motifs is 3. The molecule has 0 radical (unpaired) electrons. The van der Waals surface area contributed by atoms with Crippen molar-refractivity contribution in [2.24, 2.45) is 0 Å². The number of hydrogen-bond acceptors (Lipinski definition) is 29. The molecule has 4 atom stereocenters. The Morgan fingerprint density at radius 3 is 1.10 bits per heavy atom. The van der Waals surface area contributed by atoms with Crippen LogP contribution in [0.2, 0.25) is 5.28 Å². The smallest absolute Gasteiger partial charge is 0.228 e. The quantitative estimate of drug-likeness (QED) is 0.0246. The highest BCUT2D eigenvalue weighted by Gasteiger charge is 2.31. The van der Waals surface area contributed by atoms with Crippen LogP contribution in [0, 0.1) is 11.6 Å². The number of ether oxygens (including phenoxy) is 9. The molecule has 32 nitrogen and oxygen atoms in total. The predicted octanol–water partition coefficient (Wildman–Crippen LogP) is 11.9. The van der Waals surface area contributed by atoms with E-state index in [0.29, 0.717) is 133 Å². The van der Waals surface area contributed by atoms with Gasteiger partial charge in [0.15, 0.2) is 34.5 Å². The zero-order valence-electron chi connectivity index (χ0n) is 65.1. The second-order valence-electron chi connectivity index (χ2n) is 27.1. The van der Waals surface area contributed by atoms with Crippen LogP contribution >= 0.6 is 11.6 Å². The molecule has 0 bridgehead atoms. The Balaban J connectivity index is 0.000000155. The summed E-state index contributed by atoms with van der Waals surface area (Å²) in [6.45, 7) is 3.98. The second kappa shape index (κ2) is 38.4. The summed E-state index contributed by atoms with van der Waals surface area (Å²) in [4.78, 5) is 47.2. The summed E-state index contributed by atoms with van der Waals surface area (Å²) in [5.41, 5.74) is 4.96. The van der Waals surface area contributed by atoms with E-state index in [0.717, 1.165) is 105 Å². The summed E-state index contributed by atoms with van der Waals surface area (Å²) in [6, 6.07) is 26.1. The molecule has 0 amide bonds. The molecule has 4 aliphatic rings. The Hall–Kier alpha value is -12.1. The van der Waals surface area contributed by atoms with Crippen LogP contribution in [0.3, 0.4) is 0 Å². The van der Waals surface area contributed by atoms with Crippen LogP contribution in [0.1, 0.15) is 58.8 Å². The minimum atomic E-state index is -0.408. The number of aromatic nitrogens is 12. The summed E-state index contributed by atoms with van der Waals surface area (Å²) >= 11 is 5.99. The van der Waals surface area contributed by atoms with E-state index in [4.69, 9.17) is 74.3 Å². The van der Waals surface area contributed by atoms with Crippen molar-refractivity contribution in [2.75, 3.05) is 147 Å². The lowest BCUT2D eigenvalue weighted by molar-refractivity contribution is 0.255. The predicted molar refractivity (Wildman–Crippen MR) is 440 cm³/mol. The van der Waals surface area contributed by atoms with Gasteiger partial charge in [-0.3, -0.25) is 0 Å². The molecule has 10 heterocycles. The third-order valence-corrected chi connectivity index (χ3v) is 20.4. The summed E-state index contributed by atoms with van der Waals surface area (Å²) in [6.07, 6.45) is 18.4. The van der Waals surface area contributed by atoms with E-state index < -0.39 is 5.82 Å². The molecule has 0 spiro atoms. The van der Waals surface area contributed by atoms with Gasteiger partial charge in [-0.15, -0.1) is 0 Å². The number of hydrogen-bond donors (Lipinski definition) is 8. The van der Waals surface area contributed by atoms with Gasteiger partial charge in [0.05, 0.1) is 161 Å². The number of halogens is 3. The molecule has 614 valence electrons. The third-order valence-electron chi connectivity index (χ3n) is 20.3. The van der Waals surface area contributed by atoms with E-state index in [2.05, 4.69) is 73.1 Å². The van der Waals surface area contributed by atoms with E-state index in [1.807, 2.05) is 46.0 Å². The van der Waals surface area contributed by atoms with Crippen LogP contribution in [0.15, 0.2) is 129 Å². The zero-order chi connectivity index (χ0) is 80.8. The molecule has 4 saturated heterocycles. The fourth-order valence-electron chi connectivity index (χ4n) is 14.4. The highest BCUT2D eigenvalue weighted by atomic mass is 35.5. The average molecular weight is 1620 g/mol. The second-order valence-corrected chi connectivity index (χ2v) is 27.5. The van der Waals surface area contributed by atoms with Crippen molar-refractivity contribution in [1.29, 1.82) is 0 Å². The van der Waals surface area contributed by atoms with Gasteiger partial charge in [-0.05, 0) is 112 Å². The van der Waals surface area contributed by atoms with Crippen LogP contribution in [0.25, 0.3) is 49.8 Å². The van der Waals surface area contributed by atoms with Crippen LogP contribution in [-0.4, -0.2) is 220 Å². The lowest BCUT2D eigenvalue weighted by atomic mass is 10.1. The van der Waals surface area contributed by atoms with Gasteiger partial charge in [0.2, 0.25) is 34.4 Å². The lowest BCUT2D eigenvalue weighted by Crippen LogP contribution is -2.33. The number of nitrogens with one attached hydrogen (secondary N) is 4. The number of anilines is 9. The van der Waals surface area contributed by atoms with Crippen molar-refractivity contribution >= 4 is 96.8 Å². The van der Waals surface area contributed by atoms with E-state index >= 15 is 0 Å². The van der Waals surface area contributed by atoms with Gasteiger partial charge >= 0.3 is 0 Å². The minimum Gasteiger partial charge on any atom is -0.493 e. The van der Waals surface area contributed by atoms with Crippen LogP contribution in [-0.2, 0) is 0 Å². The summed E-state index contributed by atoms with van der Waals surface area (Å²) in [5.74, 6) is 8.07. The van der Waals surface area contributed by atoms with Gasteiger partial charge in [-0.25, -0.2) is 38.7 Å². The third kappa shape index (κ3) is 18.5. The maximum absolute atomic E-state index is 14.0. The van der Waals surface area contributed by atoms with Gasteiger partial charge in [0.1, 0.15) is 65.5 Å². The van der Waals surface area contributed by atoms with Crippen molar-refractivity contribution in [3.05, 3.63) is 145 Å². The molecule has 4 fully saturated rings. The lowest BCUT2D eigenvalue weighted by Gasteiger charge is -2.26. The van der Waals surface area contributed by atoms with Crippen LogP contribution in [0.4, 0.5) is 61.3 Å². The fourth-order valence-corrected chi connectivity index (χ4v) is 14.6. The van der Waals surface area contributed by atoms with Crippen LogP contribution in [0.5, 0.6) is 51.7 Å². The van der Waals surface area contributed by atoms with E-state index in [9.17, 15) is 24.1 Å². The first-order chi connectivity index (χ1) is 56.0. The Kier molecular flexibility index (Phi) is 27.6. The van der Waals surface area contributed by atoms with Crippen molar-refractivity contribution in [3.8, 4) is 68.8 Å². The Bertz CT molecular complexity index is 5260. The van der Waals surface area contributed by atoms with Crippen molar-refractivity contribution in [2.45, 2.75) is 83.0 Å². The van der Waals surface area contributed by atoms with Crippen molar-refractivity contribution in [3.63, 3.8) is 0 Å². The summed E-state index contributed by atoms with van der Waals surface area (Å²) in [7, 11) is 14.1. The SMILES string of the molecule is C.COc1cc(-n2cnc(Nc3nc(Cl)nc4cc(F)ccc34)c2)cc(OC)c1OC.COc1cc(-n2cnc(Nc3nc(N4CCC[C@H]4CO)nc4cc(F)ccc34)c2)cc(OC)c1OC.COc1cc(-n2cnc(Nc3nc(N4CCC[C@H]4CO)nc4cc(N5CCC[C@H]5CO)ccc34)c2)cc(OC)c1OC.OC[C@@H]1CCCN1. The number of methoxy groups -OCH3 is 9. The minimum absolute atomic E-state index is 0. The molecule has 0 aliphatic carbocycles. The van der Waals surface area contributed by atoms with Gasteiger partial charge in [-0.2, -0.15) is 15.0 Å². The molecular weight excluding hydrogens is 1520 g/mol. The number of benzene rings is 6. The molecule has 0 saturated carbocycles. The van der Waals surface area contributed by atoms with E-state index in [1.165, 1.54) is 30.7 Å². The number of imidazole rings is 3. The number of aliphatic hydroxyl groups is 4. The normalized spacial score (nSPS) is 16.2. The van der Waals surface area contributed by atoms with Crippen molar-refractivity contribution in [1.82, 2.24) is 63.9 Å². The molecule has 6 aromatic heterocycles. The molecule has 6 aromatic carbocycles. The number of aliphatic hydroxyl groups excluding tert-OH is 4. The molecule has 12 aromatic rings. The van der Waals surface area contributed by atoms with Gasteiger partial charge in [0, 0.05) is 96.1 Å². The van der Waals surface area contributed by atoms with Gasteiger partial charge < -0.3 is 113 Å². The zero-order valence-corrected chi connectivity index (χ0v) is 65.8. The number of nitrogens with zero attached hydrogens (tertiary/aromatic N) is 15. The summed E-state index contributed by atoms with van der Waals surface area (Å²) < 4.78 is 82.0. The van der Waals surface area contributed by atoms with E-state index in [1.54, 1.807) is 129 Å². The molecule has 116 heavy (non-hydrogen) atoms. The molecule has 0 unspecified atom stereocenters. The highest BCUT2D eigenvalue weighted by molar-refractivity contribution is 6.28. The number of rotatable bonds is 25. The highest BCUT2D eigenvalue weighted by Crippen LogP contribution is 2.44. The Labute approximate surface area is 673 Å². The summed E-state index contributed by atoms with van der Waals surface area (Å²) in [5, 5.41) is 53.2. The standard InChI is InChI=1S/C30H37N7O5.C25H27FN6O4.C20H17ClFN5O3.C5H11NO.CH4/c1-40-25-13-22(14-26(41-2)28(25)42-3)35-15-27(31-18-35)33-29-23-9-8-19(36-10-4-6-20(36)16-38)12-24(23)32-30(34-29)37-11-5-7-21(37)17-39;1-34-20-10-17(11-21(35-2)23(20)36-3)31-12-22(27-14-31)29-24-18-7-6-15(26)9-19(18)28-25(30-24)32-8-4-5-16(32)13-33;1-28-15-7-12(8-16(29-2)18(15)30-3)27-9-17(23-10-27)25-19-13-5-4-11(22)6-14(13)24-20(21)26-19;7-4-5-2-1-3-6-5;/h8-9,12-15,18,20-21,38-39H,4-7,10-11,16-17H2,1-3H3,(H,32,33,34);6-7,9-12,14,16,33H,4-5,8,13H2,1-3H3,(H,28,29,30);4-10H,1-3H3,(H,24,25,26);5-7H,1-4H2;1H4/t20-,21-;16-;;5-;/m00.0./s1. The largest absolute Gasteiger partial charge is 0.493 e. The maximum atomic E-state index is 14.0. The Morgan fingerprint density at radius 1 is 0.405 bits per heavy atom. The average Bonchev–Trinajstić information content (AvgIpc) is 1.47. The van der Waals surface area contributed by atoms with Gasteiger partial charge in [-0.1, -0.05) is 7.43 Å². The maximum Gasteiger partial charge on any atom is 0.228 e. The molecule has 16 rings (SSSR count). The monoisotopic (exact) mass is 1620 g/mol. The van der Waals surface area contributed by atoms with Crippen molar-refractivity contribution < 1.29 is 71.8 Å². The molecule has 4 aliphatic heterocycles.